The summed E-state index contributed by atoms with van der Waals surface area (Å²) in [5.74, 6) is -2.36. The molecule has 1 aromatic heterocycles. The van der Waals surface area contributed by atoms with Crippen LogP contribution in [0.15, 0.2) is 60.8 Å². The lowest BCUT2D eigenvalue weighted by Gasteiger charge is -2.26. The number of hydrogen-bond acceptors (Lipinski definition) is 6. The van der Waals surface area contributed by atoms with Crippen molar-refractivity contribution in [2.75, 3.05) is 10.6 Å². The van der Waals surface area contributed by atoms with Crippen molar-refractivity contribution in [3.63, 3.8) is 0 Å². The monoisotopic (exact) mass is 422 g/mol. The third kappa shape index (κ3) is 4.30. The minimum atomic E-state index is -5.40. The summed E-state index contributed by atoms with van der Waals surface area (Å²) in [7, 11) is 0. The molecule has 11 heteroatoms. The largest absolute Gasteiger partial charge is 0.479 e. The maximum absolute atomic E-state index is 13.0. The number of halogens is 4. The van der Waals surface area contributed by atoms with E-state index >= 15 is 0 Å². The van der Waals surface area contributed by atoms with Crippen LogP contribution in [0, 0.1) is 5.82 Å². The lowest BCUT2D eigenvalue weighted by atomic mass is 9.93. The van der Waals surface area contributed by atoms with E-state index < -0.39 is 29.1 Å². The molecular weight excluding hydrogens is 408 g/mol. The smallest absolute Gasteiger partial charge is 0.432 e. The first-order valence-electron chi connectivity index (χ1n) is 8.35. The van der Waals surface area contributed by atoms with Crippen molar-refractivity contribution in [3.05, 3.63) is 72.2 Å². The van der Waals surface area contributed by atoms with Crippen molar-refractivity contribution in [1.29, 1.82) is 0 Å². The van der Waals surface area contributed by atoms with Crippen LogP contribution in [-0.4, -0.2) is 32.3 Å². The van der Waals surface area contributed by atoms with Gasteiger partial charge in [-0.2, -0.15) is 18.2 Å². The summed E-state index contributed by atoms with van der Waals surface area (Å²) in [5.41, 5.74) is -4.03. The Morgan fingerprint density at radius 3 is 2.03 bits per heavy atom. The second kappa shape index (κ2) is 7.95. The zero-order valence-electron chi connectivity index (χ0n) is 15.0. The van der Waals surface area contributed by atoms with Crippen molar-refractivity contribution in [1.82, 2.24) is 9.97 Å². The lowest BCUT2D eigenvalue weighted by molar-refractivity contribution is -0.265. The molecule has 0 spiro atoms. The zero-order chi connectivity index (χ0) is 21.9. The molecule has 0 aliphatic heterocycles. The maximum Gasteiger partial charge on any atom is 0.432 e. The van der Waals surface area contributed by atoms with Gasteiger partial charge < -0.3 is 20.8 Å². The molecule has 2 aromatic carbocycles. The van der Waals surface area contributed by atoms with Crippen LogP contribution in [0.1, 0.15) is 5.56 Å². The second-order valence-corrected chi connectivity index (χ2v) is 6.11. The summed E-state index contributed by atoms with van der Waals surface area (Å²) in [6, 6.07) is 11.0. The van der Waals surface area contributed by atoms with Gasteiger partial charge >= 0.3 is 12.1 Å². The average Bonchev–Trinajstić information content (AvgIpc) is 2.69. The van der Waals surface area contributed by atoms with Crippen LogP contribution < -0.4 is 10.6 Å². The molecule has 30 heavy (non-hydrogen) atoms. The number of carboxylic acids is 1. The zero-order valence-corrected chi connectivity index (χ0v) is 15.0. The van der Waals surface area contributed by atoms with Gasteiger partial charge in [0, 0.05) is 23.1 Å². The molecule has 4 N–H and O–H groups in total. The molecule has 156 valence electrons. The molecule has 0 aliphatic carbocycles. The molecule has 1 atom stereocenters. The molecule has 1 unspecified atom stereocenters. The first-order valence-corrected chi connectivity index (χ1v) is 8.35. The summed E-state index contributed by atoms with van der Waals surface area (Å²) in [4.78, 5) is 19.2. The minimum absolute atomic E-state index is 0.181. The predicted octanol–water partition coefficient (Wildman–Crippen LogP) is 3.94. The van der Waals surface area contributed by atoms with Crippen molar-refractivity contribution < 1.29 is 32.6 Å². The third-order valence-corrected chi connectivity index (χ3v) is 4.05. The summed E-state index contributed by atoms with van der Waals surface area (Å²) < 4.78 is 52.1. The Labute approximate surface area is 167 Å². The van der Waals surface area contributed by atoms with Gasteiger partial charge in [-0.1, -0.05) is 12.1 Å². The van der Waals surface area contributed by atoms with E-state index in [1.54, 1.807) is 0 Å². The average molecular weight is 422 g/mol. The first kappa shape index (κ1) is 21.0. The van der Waals surface area contributed by atoms with Crippen molar-refractivity contribution >= 4 is 29.1 Å². The number of carbonyl (C=O) groups is 1. The molecule has 0 amide bonds. The van der Waals surface area contributed by atoms with Crippen molar-refractivity contribution in [2.24, 2.45) is 0 Å². The van der Waals surface area contributed by atoms with Gasteiger partial charge in [0.2, 0.25) is 5.95 Å². The fraction of sp³-hybridized carbons (Fsp3) is 0.105. The van der Waals surface area contributed by atoms with E-state index in [4.69, 9.17) is 5.11 Å². The number of aliphatic carboxylic acids is 1. The van der Waals surface area contributed by atoms with E-state index in [1.165, 1.54) is 48.7 Å². The van der Waals surface area contributed by atoms with Crippen LogP contribution in [0.3, 0.4) is 0 Å². The number of aliphatic hydroxyl groups is 1. The Kier molecular flexibility index (Phi) is 5.56. The normalized spacial score (nSPS) is 13.4. The molecular formula is C19H14F4N4O3. The van der Waals surface area contributed by atoms with Gasteiger partial charge in [0.15, 0.2) is 0 Å². The molecule has 3 rings (SSSR count). The number of aromatic nitrogens is 2. The number of nitrogens with one attached hydrogen (secondary N) is 2. The molecule has 3 aromatic rings. The number of carboxylic acid groups (broad SMARTS) is 1. The Morgan fingerprint density at radius 2 is 1.47 bits per heavy atom. The van der Waals surface area contributed by atoms with Crippen LogP contribution in [0.25, 0.3) is 0 Å². The molecule has 0 fully saturated rings. The minimum Gasteiger partial charge on any atom is -0.479 e. The number of alkyl halides is 3. The third-order valence-electron chi connectivity index (χ3n) is 4.05. The molecule has 0 saturated carbocycles. The van der Waals surface area contributed by atoms with E-state index in [0.29, 0.717) is 11.4 Å². The van der Waals surface area contributed by atoms with Crippen LogP contribution in [0.5, 0.6) is 0 Å². The van der Waals surface area contributed by atoms with Crippen LogP contribution >= 0.6 is 0 Å². The Morgan fingerprint density at radius 1 is 0.900 bits per heavy atom. The number of nitrogens with zero attached hydrogens (tertiary/aromatic N) is 2. The van der Waals surface area contributed by atoms with E-state index in [0.717, 1.165) is 12.1 Å². The lowest BCUT2D eigenvalue weighted by Crippen LogP contribution is -2.49. The fourth-order valence-corrected chi connectivity index (χ4v) is 2.50. The topological polar surface area (TPSA) is 107 Å². The molecule has 0 aliphatic rings. The molecule has 1 heterocycles. The Hall–Kier alpha value is -3.73. The molecule has 7 nitrogen and oxygen atoms in total. The van der Waals surface area contributed by atoms with Gasteiger partial charge in [-0.05, 0) is 42.5 Å². The second-order valence-electron chi connectivity index (χ2n) is 6.11. The van der Waals surface area contributed by atoms with Gasteiger partial charge in [0.25, 0.3) is 5.60 Å². The van der Waals surface area contributed by atoms with Gasteiger partial charge in [0.1, 0.15) is 11.6 Å². The number of anilines is 4. The summed E-state index contributed by atoms with van der Waals surface area (Å²) in [6.45, 7) is 0. The van der Waals surface area contributed by atoms with Crippen LogP contribution in [0.2, 0.25) is 0 Å². The molecule has 0 saturated heterocycles. The van der Waals surface area contributed by atoms with E-state index in [1.807, 2.05) is 0 Å². The Bertz CT molecular complexity index is 1040. The highest BCUT2D eigenvalue weighted by atomic mass is 19.4. The van der Waals surface area contributed by atoms with Crippen LogP contribution in [0.4, 0.5) is 40.7 Å². The highest BCUT2D eigenvalue weighted by molar-refractivity contribution is 5.80. The SMILES string of the molecule is O=C(O)C(O)(c1ccc(Nc2ccnc(Nc3ccc(F)cc3)n2)cc1)C(F)(F)F. The highest BCUT2D eigenvalue weighted by Crippen LogP contribution is 2.39. The van der Waals surface area contributed by atoms with E-state index in [-0.39, 0.29) is 11.8 Å². The fourth-order valence-electron chi connectivity index (χ4n) is 2.50. The molecule has 0 bridgehead atoms. The van der Waals surface area contributed by atoms with Crippen molar-refractivity contribution in [3.8, 4) is 0 Å². The van der Waals surface area contributed by atoms with E-state index in [2.05, 4.69) is 20.6 Å². The van der Waals surface area contributed by atoms with Gasteiger partial charge in [0.05, 0.1) is 0 Å². The van der Waals surface area contributed by atoms with E-state index in [9.17, 15) is 27.5 Å². The summed E-state index contributed by atoms with van der Waals surface area (Å²) in [6.07, 6.45) is -3.98. The van der Waals surface area contributed by atoms with Gasteiger partial charge in [-0.25, -0.2) is 14.2 Å². The Balaban J connectivity index is 1.77. The number of benzene rings is 2. The quantitative estimate of drug-likeness (QED) is 0.446. The van der Waals surface area contributed by atoms with Gasteiger partial charge in [-0.15, -0.1) is 0 Å². The summed E-state index contributed by atoms with van der Waals surface area (Å²) >= 11 is 0. The predicted molar refractivity (Wildman–Crippen MR) is 99.0 cm³/mol. The number of rotatable bonds is 6. The van der Waals surface area contributed by atoms with Crippen molar-refractivity contribution in [2.45, 2.75) is 11.8 Å². The van der Waals surface area contributed by atoms with Gasteiger partial charge in [-0.3, -0.25) is 0 Å². The molecule has 0 radical (unpaired) electrons. The maximum atomic E-state index is 13.0. The standard InChI is InChI=1S/C19H14F4N4O3/c20-12-3-7-14(8-4-12)26-17-24-10-9-15(27-17)25-13-5-1-11(2-6-13)18(30,16(28)29)19(21,22)23/h1-10,30H,(H,28,29)(H2,24,25,26,27). The summed E-state index contributed by atoms with van der Waals surface area (Å²) in [5, 5.41) is 24.2. The van der Waals surface area contributed by atoms with Crippen LogP contribution in [-0.2, 0) is 10.4 Å². The first-order chi connectivity index (χ1) is 14.1. The number of hydrogen-bond donors (Lipinski definition) is 4. The highest BCUT2D eigenvalue weighted by Gasteiger charge is 2.61.